The minimum atomic E-state index is -0.109. The molecule has 0 aliphatic rings. The molecule has 0 aliphatic heterocycles. The Morgan fingerprint density at radius 3 is 2.83 bits per heavy atom. The Morgan fingerprint density at radius 1 is 1.29 bits per heavy atom. The molecule has 0 spiro atoms. The average molecular weight is 361 g/mol. The second-order valence-corrected chi connectivity index (χ2v) is 7.49. The molecule has 0 N–H and O–H groups in total. The highest BCUT2D eigenvalue weighted by molar-refractivity contribution is 7.98. The number of hydrogen-bond acceptors (Lipinski definition) is 6. The van der Waals surface area contributed by atoms with E-state index in [0.717, 1.165) is 28.6 Å². The Morgan fingerprint density at radius 2 is 2.08 bits per heavy atom. The van der Waals surface area contributed by atoms with Crippen molar-refractivity contribution in [3.63, 3.8) is 0 Å². The molecule has 0 bridgehead atoms. The summed E-state index contributed by atoms with van der Waals surface area (Å²) >= 11 is 3.18. The topological polar surface area (TPSA) is 56.5 Å². The molecule has 0 amide bonds. The van der Waals surface area contributed by atoms with Gasteiger partial charge in [0, 0.05) is 17.6 Å². The third-order valence-corrected chi connectivity index (χ3v) is 5.42. The first-order valence-electron chi connectivity index (χ1n) is 7.81. The zero-order valence-electron chi connectivity index (χ0n) is 13.7. The lowest BCUT2D eigenvalue weighted by Gasteiger charge is -2.06. The van der Waals surface area contributed by atoms with Crippen LogP contribution in [0.2, 0.25) is 0 Å². The van der Waals surface area contributed by atoms with Crippen LogP contribution in [0, 0.1) is 6.92 Å². The molecule has 0 fully saturated rings. The van der Waals surface area contributed by atoms with Gasteiger partial charge in [-0.1, -0.05) is 36.0 Å². The standard InChI is InChI=1S/C17H19N3O2S2/c1-3-15-19-20-16(21)10-13(18-17(20)24-15)11-23-9-8-22-14-6-4-12(2)5-7-14/h4-7,10H,3,8-9,11H2,1-2H3. The third-order valence-electron chi connectivity index (χ3n) is 3.41. The Bertz CT molecular complexity index is 872. The van der Waals surface area contributed by atoms with E-state index in [-0.39, 0.29) is 5.56 Å². The van der Waals surface area contributed by atoms with E-state index in [1.807, 2.05) is 31.2 Å². The fourth-order valence-corrected chi connectivity index (χ4v) is 3.70. The van der Waals surface area contributed by atoms with Crippen LogP contribution in [0.15, 0.2) is 35.1 Å². The Kier molecular flexibility index (Phi) is 5.52. The molecule has 0 atom stereocenters. The van der Waals surface area contributed by atoms with E-state index in [0.29, 0.717) is 17.3 Å². The van der Waals surface area contributed by atoms with Crippen LogP contribution in [0.25, 0.3) is 4.96 Å². The van der Waals surface area contributed by atoms with Crippen molar-refractivity contribution in [2.45, 2.75) is 26.0 Å². The van der Waals surface area contributed by atoms with E-state index in [1.54, 1.807) is 17.8 Å². The lowest BCUT2D eigenvalue weighted by atomic mass is 10.2. The summed E-state index contributed by atoms with van der Waals surface area (Å²) in [5, 5.41) is 5.18. The molecule has 126 valence electrons. The van der Waals surface area contributed by atoms with E-state index >= 15 is 0 Å². The molecule has 2 heterocycles. The second-order valence-electron chi connectivity index (χ2n) is 5.34. The Labute approximate surface area is 148 Å². The van der Waals surface area contributed by atoms with E-state index < -0.39 is 0 Å². The van der Waals surface area contributed by atoms with Crippen molar-refractivity contribution in [2.24, 2.45) is 0 Å². The van der Waals surface area contributed by atoms with Crippen molar-refractivity contribution in [1.29, 1.82) is 0 Å². The van der Waals surface area contributed by atoms with Gasteiger partial charge in [0.05, 0.1) is 12.3 Å². The molecule has 1 aromatic carbocycles. The van der Waals surface area contributed by atoms with E-state index in [1.165, 1.54) is 21.4 Å². The maximum atomic E-state index is 12.1. The predicted molar refractivity (Wildman–Crippen MR) is 99.3 cm³/mol. The van der Waals surface area contributed by atoms with Crippen molar-refractivity contribution < 1.29 is 4.74 Å². The highest BCUT2D eigenvalue weighted by Gasteiger charge is 2.08. The number of aromatic nitrogens is 3. The lowest BCUT2D eigenvalue weighted by molar-refractivity contribution is 0.344. The van der Waals surface area contributed by atoms with E-state index in [9.17, 15) is 4.79 Å². The first-order valence-corrected chi connectivity index (χ1v) is 9.78. The van der Waals surface area contributed by atoms with Crippen molar-refractivity contribution in [3.05, 3.63) is 57.0 Å². The summed E-state index contributed by atoms with van der Waals surface area (Å²) in [5.74, 6) is 2.43. The fraction of sp³-hybridized carbons (Fsp3) is 0.353. The van der Waals surface area contributed by atoms with Gasteiger partial charge in [0.25, 0.3) is 5.56 Å². The van der Waals surface area contributed by atoms with Crippen LogP contribution in [0.3, 0.4) is 0 Å². The SMILES string of the molecule is CCc1nn2c(=O)cc(CSCCOc3ccc(C)cc3)nc2s1. The molecule has 0 unspecified atom stereocenters. The van der Waals surface area contributed by atoms with Crippen molar-refractivity contribution in [3.8, 4) is 5.75 Å². The van der Waals surface area contributed by atoms with Gasteiger partial charge in [0.2, 0.25) is 4.96 Å². The summed E-state index contributed by atoms with van der Waals surface area (Å²) in [4.78, 5) is 17.3. The van der Waals surface area contributed by atoms with Gasteiger partial charge in [0.15, 0.2) is 0 Å². The maximum absolute atomic E-state index is 12.1. The molecule has 3 rings (SSSR count). The summed E-state index contributed by atoms with van der Waals surface area (Å²) in [6, 6.07) is 9.60. The minimum Gasteiger partial charge on any atom is -0.493 e. The fourth-order valence-electron chi connectivity index (χ4n) is 2.14. The minimum absolute atomic E-state index is 0.109. The summed E-state index contributed by atoms with van der Waals surface area (Å²) in [7, 11) is 0. The van der Waals surface area contributed by atoms with Gasteiger partial charge in [-0.15, -0.1) is 0 Å². The number of benzene rings is 1. The first kappa shape index (κ1) is 17.0. The highest BCUT2D eigenvalue weighted by atomic mass is 32.2. The van der Waals surface area contributed by atoms with Gasteiger partial charge in [0.1, 0.15) is 10.8 Å². The van der Waals surface area contributed by atoms with E-state index in [2.05, 4.69) is 17.0 Å². The van der Waals surface area contributed by atoms with Crippen LogP contribution in [0.5, 0.6) is 5.75 Å². The van der Waals surface area contributed by atoms with Crippen LogP contribution in [-0.2, 0) is 12.2 Å². The molecule has 5 nitrogen and oxygen atoms in total. The monoisotopic (exact) mass is 361 g/mol. The highest BCUT2D eigenvalue weighted by Crippen LogP contribution is 2.16. The van der Waals surface area contributed by atoms with Gasteiger partial charge in [-0.05, 0) is 25.5 Å². The third kappa shape index (κ3) is 4.15. The molecule has 0 aliphatic carbocycles. The number of ether oxygens (including phenoxy) is 1. The zero-order chi connectivity index (χ0) is 16.9. The molecular formula is C17H19N3O2S2. The molecule has 2 aromatic heterocycles. The average Bonchev–Trinajstić information content (AvgIpc) is 3.00. The van der Waals surface area contributed by atoms with Crippen molar-refractivity contribution >= 4 is 28.1 Å². The lowest BCUT2D eigenvalue weighted by Crippen LogP contribution is -2.15. The van der Waals surface area contributed by atoms with Gasteiger partial charge < -0.3 is 4.74 Å². The quantitative estimate of drug-likeness (QED) is 0.604. The number of rotatable bonds is 7. The molecule has 3 aromatic rings. The molecule has 7 heteroatoms. The van der Waals surface area contributed by atoms with Crippen molar-refractivity contribution in [2.75, 3.05) is 12.4 Å². The van der Waals surface area contributed by atoms with Gasteiger partial charge in [-0.2, -0.15) is 21.4 Å². The normalized spacial score (nSPS) is 11.1. The summed E-state index contributed by atoms with van der Waals surface area (Å²) in [5.41, 5.74) is 1.91. The summed E-state index contributed by atoms with van der Waals surface area (Å²) in [6.45, 7) is 4.71. The summed E-state index contributed by atoms with van der Waals surface area (Å²) < 4.78 is 7.08. The van der Waals surface area contributed by atoms with Crippen LogP contribution in [0.1, 0.15) is 23.2 Å². The van der Waals surface area contributed by atoms with Gasteiger partial charge in [-0.25, -0.2) is 4.98 Å². The van der Waals surface area contributed by atoms with Crippen LogP contribution in [-0.4, -0.2) is 27.0 Å². The van der Waals surface area contributed by atoms with Crippen molar-refractivity contribution in [1.82, 2.24) is 14.6 Å². The molecule has 0 saturated heterocycles. The summed E-state index contributed by atoms with van der Waals surface area (Å²) in [6.07, 6.45) is 0.813. The second kappa shape index (κ2) is 7.81. The number of thioether (sulfide) groups is 1. The molecule has 0 saturated carbocycles. The number of fused-ring (bicyclic) bond motifs is 1. The Hall–Kier alpha value is -1.86. The largest absolute Gasteiger partial charge is 0.493 e. The smallest absolute Gasteiger partial charge is 0.275 e. The van der Waals surface area contributed by atoms with Gasteiger partial charge in [-0.3, -0.25) is 4.79 Å². The van der Waals surface area contributed by atoms with Crippen LogP contribution < -0.4 is 10.3 Å². The number of aryl methyl sites for hydroxylation is 2. The van der Waals surface area contributed by atoms with E-state index in [4.69, 9.17) is 4.74 Å². The zero-order valence-corrected chi connectivity index (χ0v) is 15.3. The molecule has 24 heavy (non-hydrogen) atoms. The maximum Gasteiger partial charge on any atom is 0.275 e. The van der Waals surface area contributed by atoms with Gasteiger partial charge >= 0.3 is 0 Å². The Balaban J connectivity index is 1.52. The number of hydrogen-bond donors (Lipinski definition) is 0. The first-order chi connectivity index (χ1) is 11.7. The molecule has 0 radical (unpaired) electrons. The number of nitrogens with zero attached hydrogens (tertiary/aromatic N) is 3. The van der Waals surface area contributed by atoms with Crippen LogP contribution >= 0.6 is 23.1 Å². The van der Waals surface area contributed by atoms with Crippen LogP contribution in [0.4, 0.5) is 0 Å². The molecular weight excluding hydrogens is 342 g/mol. The predicted octanol–water partition coefficient (Wildman–Crippen LogP) is 3.33.